The zero-order chi connectivity index (χ0) is 25.5. The van der Waals surface area contributed by atoms with E-state index in [9.17, 15) is 14.7 Å². The second kappa shape index (κ2) is 11.5. The van der Waals surface area contributed by atoms with Crippen LogP contribution in [0.25, 0.3) is 23.1 Å². The number of alkyl carbamates (subject to hydrolysis) is 1. The van der Waals surface area contributed by atoms with E-state index >= 15 is 0 Å². The third kappa shape index (κ3) is 6.29. The number of amides is 1. The van der Waals surface area contributed by atoms with Crippen LogP contribution in [0, 0.1) is 0 Å². The molecule has 1 unspecified atom stereocenters. The Kier molecular flexibility index (Phi) is 7.98. The lowest BCUT2D eigenvalue weighted by atomic mass is 9.95. The summed E-state index contributed by atoms with van der Waals surface area (Å²) in [4.78, 5) is 28.3. The van der Waals surface area contributed by atoms with Crippen molar-refractivity contribution in [2.45, 2.75) is 18.9 Å². The standard InChI is InChI=1S/C29H25ClN2O4/c1-36-29(35)32-26(16-12-20-6-2-3-8-25(20)28(33)34)22-7-4-5-19(17-22)9-14-24-15-11-21-10-13-23(30)18-27(21)31-24/h2-11,13-15,17-18,26H,12,16H2,1H3,(H,32,35)(H,33,34)/b14-9+. The number of carbonyl (C=O) groups excluding carboxylic acids is 1. The van der Waals surface area contributed by atoms with Gasteiger partial charge in [0.2, 0.25) is 0 Å². The van der Waals surface area contributed by atoms with Crippen molar-refractivity contribution >= 4 is 46.7 Å². The highest BCUT2D eigenvalue weighted by molar-refractivity contribution is 6.31. The molecule has 1 amide bonds. The Labute approximate surface area is 214 Å². The zero-order valence-corrected chi connectivity index (χ0v) is 20.4. The van der Waals surface area contributed by atoms with E-state index in [0.29, 0.717) is 23.4 Å². The van der Waals surface area contributed by atoms with Crippen molar-refractivity contribution < 1.29 is 19.4 Å². The lowest BCUT2D eigenvalue weighted by molar-refractivity contribution is 0.0695. The summed E-state index contributed by atoms with van der Waals surface area (Å²) in [6, 6.07) is 23.9. The number of halogens is 1. The molecule has 0 aliphatic carbocycles. The Morgan fingerprint density at radius 1 is 1.03 bits per heavy atom. The molecule has 1 heterocycles. The van der Waals surface area contributed by atoms with Crippen molar-refractivity contribution in [2.24, 2.45) is 0 Å². The van der Waals surface area contributed by atoms with E-state index in [1.807, 2.05) is 72.8 Å². The fraction of sp³-hybridized carbons (Fsp3) is 0.138. The minimum absolute atomic E-state index is 0.259. The second-order valence-electron chi connectivity index (χ2n) is 8.27. The van der Waals surface area contributed by atoms with Crippen LogP contribution < -0.4 is 5.32 Å². The number of fused-ring (bicyclic) bond motifs is 1. The predicted octanol–water partition coefficient (Wildman–Crippen LogP) is 6.79. The van der Waals surface area contributed by atoms with Gasteiger partial charge in [-0.15, -0.1) is 0 Å². The summed E-state index contributed by atoms with van der Waals surface area (Å²) in [6.45, 7) is 0. The number of hydrogen-bond donors (Lipinski definition) is 2. The van der Waals surface area contributed by atoms with Crippen molar-refractivity contribution in [2.75, 3.05) is 7.11 Å². The monoisotopic (exact) mass is 500 g/mol. The van der Waals surface area contributed by atoms with Gasteiger partial charge in [-0.25, -0.2) is 14.6 Å². The van der Waals surface area contributed by atoms with E-state index in [1.165, 1.54) is 7.11 Å². The van der Waals surface area contributed by atoms with Gasteiger partial charge in [-0.2, -0.15) is 0 Å². The molecule has 0 aliphatic heterocycles. The molecular formula is C29H25ClN2O4. The molecule has 182 valence electrons. The highest BCUT2D eigenvalue weighted by atomic mass is 35.5. The molecule has 0 bridgehead atoms. The molecule has 1 atom stereocenters. The number of carboxylic acid groups (broad SMARTS) is 1. The predicted molar refractivity (Wildman–Crippen MR) is 142 cm³/mol. The Morgan fingerprint density at radius 3 is 2.64 bits per heavy atom. The van der Waals surface area contributed by atoms with Gasteiger partial charge in [0.25, 0.3) is 0 Å². The summed E-state index contributed by atoms with van der Waals surface area (Å²) < 4.78 is 4.82. The number of nitrogens with zero attached hydrogens (tertiary/aromatic N) is 1. The van der Waals surface area contributed by atoms with Gasteiger partial charge in [-0.1, -0.05) is 66.2 Å². The average Bonchev–Trinajstić information content (AvgIpc) is 2.89. The lowest BCUT2D eigenvalue weighted by Gasteiger charge is -2.19. The maximum absolute atomic E-state index is 12.0. The Hall–Kier alpha value is -4.16. The molecule has 0 aliphatic rings. The molecule has 3 aromatic carbocycles. The van der Waals surface area contributed by atoms with E-state index in [4.69, 9.17) is 16.3 Å². The molecule has 0 fully saturated rings. The number of hydrogen-bond acceptors (Lipinski definition) is 4. The molecule has 0 spiro atoms. The highest BCUT2D eigenvalue weighted by Crippen LogP contribution is 2.24. The van der Waals surface area contributed by atoms with E-state index in [2.05, 4.69) is 10.3 Å². The quantitative estimate of drug-likeness (QED) is 0.278. The molecule has 4 rings (SSSR count). The van der Waals surface area contributed by atoms with Gasteiger partial charge in [-0.05, 0) is 65.9 Å². The van der Waals surface area contributed by atoms with Crippen LogP contribution in [0.1, 0.15) is 45.2 Å². The number of methoxy groups -OCH3 is 1. The van der Waals surface area contributed by atoms with E-state index in [0.717, 1.165) is 27.7 Å². The largest absolute Gasteiger partial charge is 0.478 e. The molecule has 6 nitrogen and oxygen atoms in total. The molecule has 36 heavy (non-hydrogen) atoms. The fourth-order valence-corrected chi connectivity index (χ4v) is 4.20. The first-order chi connectivity index (χ1) is 17.4. The van der Waals surface area contributed by atoms with Gasteiger partial charge in [-0.3, -0.25) is 0 Å². The summed E-state index contributed by atoms with van der Waals surface area (Å²) in [7, 11) is 1.31. The number of rotatable bonds is 8. The number of benzene rings is 3. The number of ether oxygens (including phenoxy) is 1. The fourth-order valence-electron chi connectivity index (χ4n) is 4.03. The van der Waals surface area contributed by atoms with Crippen LogP contribution in [0.5, 0.6) is 0 Å². The van der Waals surface area contributed by atoms with Crippen molar-refractivity contribution in [3.8, 4) is 0 Å². The van der Waals surface area contributed by atoms with Gasteiger partial charge in [0, 0.05) is 10.4 Å². The molecule has 0 saturated heterocycles. The molecule has 0 saturated carbocycles. The number of nitrogens with one attached hydrogen (secondary N) is 1. The average molecular weight is 501 g/mol. The Balaban J connectivity index is 1.56. The molecule has 4 aromatic rings. The van der Waals surface area contributed by atoms with Crippen LogP contribution in [0.4, 0.5) is 4.79 Å². The van der Waals surface area contributed by atoms with E-state index in [1.54, 1.807) is 18.2 Å². The third-order valence-corrected chi connectivity index (χ3v) is 6.10. The number of pyridine rings is 1. The Bertz CT molecular complexity index is 1430. The summed E-state index contributed by atoms with van der Waals surface area (Å²) >= 11 is 6.10. The number of aromatic carboxylic acids is 1. The smallest absolute Gasteiger partial charge is 0.407 e. The SMILES string of the molecule is COC(=O)NC(CCc1ccccc1C(=O)O)c1cccc(/C=C/c2ccc3ccc(Cl)cc3n2)c1. The first-order valence-corrected chi connectivity index (χ1v) is 11.8. The molecule has 1 aromatic heterocycles. The van der Waals surface area contributed by atoms with Crippen LogP contribution in [0.3, 0.4) is 0 Å². The van der Waals surface area contributed by atoms with Gasteiger partial charge < -0.3 is 15.2 Å². The van der Waals surface area contributed by atoms with Crippen molar-refractivity contribution in [3.05, 3.63) is 112 Å². The van der Waals surface area contributed by atoms with Crippen molar-refractivity contribution in [1.82, 2.24) is 10.3 Å². The number of aromatic nitrogens is 1. The normalized spacial score (nSPS) is 11.9. The van der Waals surface area contributed by atoms with Gasteiger partial charge in [0.1, 0.15) is 0 Å². The van der Waals surface area contributed by atoms with Crippen LogP contribution in [0.2, 0.25) is 5.02 Å². The van der Waals surface area contributed by atoms with E-state index < -0.39 is 12.1 Å². The number of aryl methyl sites for hydroxylation is 1. The lowest BCUT2D eigenvalue weighted by Crippen LogP contribution is -2.28. The molecular weight excluding hydrogens is 476 g/mol. The van der Waals surface area contributed by atoms with Crippen LogP contribution in [-0.4, -0.2) is 29.3 Å². The zero-order valence-electron chi connectivity index (χ0n) is 19.6. The number of carbonyl (C=O) groups is 2. The summed E-state index contributed by atoms with van der Waals surface area (Å²) in [5.41, 5.74) is 4.40. The van der Waals surface area contributed by atoms with E-state index in [-0.39, 0.29) is 11.6 Å². The van der Waals surface area contributed by atoms with Gasteiger partial charge in [0.05, 0.1) is 29.9 Å². The maximum Gasteiger partial charge on any atom is 0.407 e. The first-order valence-electron chi connectivity index (χ1n) is 11.4. The summed E-state index contributed by atoms with van der Waals surface area (Å²) in [5.74, 6) is -0.972. The third-order valence-electron chi connectivity index (χ3n) is 5.86. The minimum atomic E-state index is -0.972. The topological polar surface area (TPSA) is 88.5 Å². The maximum atomic E-state index is 12.0. The Morgan fingerprint density at radius 2 is 1.83 bits per heavy atom. The minimum Gasteiger partial charge on any atom is -0.478 e. The van der Waals surface area contributed by atoms with Crippen LogP contribution >= 0.6 is 11.6 Å². The molecule has 0 radical (unpaired) electrons. The summed E-state index contributed by atoms with van der Waals surface area (Å²) in [5, 5.41) is 14.0. The first kappa shape index (κ1) is 24.9. The molecule has 7 heteroatoms. The second-order valence-corrected chi connectivity index (χ2v) is 8.70. The summed E-state index contributed by atoms with van der Waals surface area (Å²) in [6.07, 6.45) is 4.30. The van der Waals surface area contributed by atoms with Crippen molar-refractivity contribution in [1.29, 1.82) is 0 Å². The van der Waals surface area contributed by atoms with Gasteiger partial charge >= 0.3 is 12.1 Å². The highest BCUT2D eigenvalue weighted by Gasteiger charge is 2.17. The number of carboxylic acids is 1. The van der Waals surface area contributed by atoms with Crippen LogP contribution in [0.15, 0.2) is 78.9 Å². The van der Waals surface area contributed by atoms with Crippen LogP contribution in [-0.2, 0) is 11.2 Å². The van der Waals surface area contributed by atoms with Gasteiger partial charge in [0.15, 0.2) is 0 Å². The van der Waals surface area contributed by atoms with Crippen molar-refractivity contribution in [3.63, 3.8) is 0 Å². The molecule has 2 N–H and O–H groups in total.